The van der Waals surface area contributed by atoms with Gasteiger partial charge in [-0.25, -0.2) is 8.42 Å². The summed E-state index contributed by atoms with van der Waals surface area (Å²) in [7, 11) is -3.80. The molecular formula is C16H14BrNO4S. The maximum atomic E-state index is 12.9. The summed E-state index contributed by atoms with van der Waals surface area (Å²) in [6.45, 7) is 1.76. The topological polar surface area (TPSA) is 74.7 Å². The Morgan fingerprint density at radius 1 is 1.22 bits per heavy atom. The third-order valence-corrected chi connectivity index (χ3v) is 6.20. The number of carbonyl (C=O) groups is 1. The van der Waals surface area contributed by atoms with E-state index in [2.05, 4.69) is 15.9 Å². The van der Waals surface area contributed by atoms with Gasteiger partial charge in [0.2, 0.25) is 0 Å². The van der Waals surface area contributed by atoms with Crippen molar-refractivity contribution in [3.05, 3.63) is 58.1 Å². The number of carboxylic acids is 1. The minimum Gasteiger partial charge on any atom is -0.481 e. The van der Waals surface area contributed by atoms with E-state index in [0.29, 0.717) is 11.3 Å². The Morgan fingerprint density at radius 3 is 2.48 bits per heavy atom. The van der Waals surface area contributed by atoms with Gasteiger partial charge in [-0.2, -0.15) is 0 Å². The van der Waals surface area contributed by atoms with Gasteiger partial charge in [0.15, 0.2) is 0 Å². The Morgan fingerprint density at radius 2 is 1.87 bits per heavy atom. The van der Waals surface area contributed by atoms with Crippen LogP contribution in [0.25, 0.3) is 0 Å². The number of hydrogen-bond acceptors (Lipinski definition) is 3. The predicted octanol–water partition coefficient (Wildman–Crippen LogP) is 3.13. The normalized spacial score (nSPS) is 17.1. The van der Waals surface area contributed by atoms with Crippen molar-refractivity contribution >= 4 is 37.6 Å². The zero-order valence-electron chi connectivity index (χ0n) is 12.2. The van der Waals surface area contributed by atoms with Gasteiger partial charge in [-0.1, -0.05) is 33.6 Å². The molecule has 3 rings (SSSR count). The second-order valence-corrected chi connectivity index (χ2v) is 8.22. The number of sulfonamides is 1. The summed E-state index contributed by atoms with van der Waals surface area (Å²) in [6.07, 6.45) is 0. The van der Waals surface area contributed by atoms with E-state index in [1.54, 1.807) is 30.3 Å². The molecule has 1 N–H and O–H groups in total. The monoisotopic (exact) mass is 395 g/mol. The van der Waals surface area contributed by atoms with E-state index in [4.69, 9.17) is 0 Å². The zero-order chi connectivity index (χ0) is 16.8. The summed E-state index contributed by atoms with van der Waals surface area (Å²) in [5, 5.41) is 9.41. The molecule has 0 spiro atoms. The molecule has 0 fully saturated rings. The lowest BCUT2D eigenvalue weighted by molar-refractivity contribution is -0.138. The van der Waals surface area contributed by atoms with Gasteiger partial charge in [-0.3, -0.25) is 9.10 Å². The number of halogens is 1. The third-order valence-electron chi connectivity index (χ3n) is 3.88. The maximum Gasteiger partial charge on any atom is 0.312 e. The van der Waals surface area contributed by atoms with Crippen LogP contribution in [0.15, 0.2) is 51.8 Å². The van der Waals surface area contributed by atoms with Crippen LogP contribution in [0, 0.1) is 6.92 Å². The van der Waals surface area contributed by atoms with Crippen LogP contribution in [0.4, 0.5) is 5.69 Å². The Balaban J connectivity index is 2.11. The number of aryl methyl sites for hydroxylation is 1. The van der Waals surface area contributed by atoms with Crippen molar-refractivity contribution < 1.29 is 18.3 Å². The molecule has 1 aliphatic heterocycles. The summed E-state index contributed by atoms with van der Waals surface area (Å²) in [6, 6.07) is 11.5. The number of hydrogen-bond donors (Lipinski definition) is 1. The molecule has 0 radical (unpaired) electrons. The van der Waals surface area contributed by atoms with Crippen LogP contribution < -0.4 is 4.31 Å². The molecule has 1 unspecified atom stereocenters. The minimum atomic E-state index is -3.80. The first-order valence-electron chi connectivity index (χ1n) is 6.92. The molecule has 5 nitrogen and oxygen atoms in total. The van der Waals surface area contributed by atoms with E-state index in [-0.39, 0.29) is 11.4 Å². The first kappa shape index (κ1) is 16.0. The zero-order valence-corrected chi connectivity index (χ0v) is 14.6. The largest absolute Gasteiger partial charge is 0.481 e. The average molecular weight is 396 g/mol. The fraction of sp³-hybridized carbons (Fsp3) is 0.188. The number of rotatable bonds is 3. The van der Waals surface area contributed by atoms with Crippen molar-refractivity contribution in [1.82, 2.24) is 0 Å². The van der Waals surface area contributed by atoms with E-state index in [0.717, 1.165) is 10.0 Å². The van der Waals surface area contributed by atoms with Crippen LogP contribution in [-0.4, -0.2) is 26.0 Å². The maximum absolute atomic E-state index is 12.9. The van der Waals surface area contributed by atoms with Crippen LogP contribution in [0.2, 0.25) is 0 Å². The highest BCUT2D eigenvalue weighted by Crippen LogP contribution is 2.40. The molecule has 23 heavy (non-hydrogen) atoms. The number of aliphatic carboxylic acids is 1. The van der Waals surface area contributed by atoms with Gasteiger partial charge < -0.3 is 5.11 Å². The van der Waals surface area contributed by atoms with Crippen LogP contribution >= 0.6 is 15.9 Å². The highest BCUT2D eigenvalue weighted by molar-refractivity contribution is 9.10. The van der Waals surface area contributed by atoms with E-state index in [1.807, 2.05) is 6.92 Å². The summed E-state index contributed by atoms with van der Waals surface area (Å²) >= 11 is 3.27. The van der Waals surface area contributed by atoms with Gasteiger partial charge in [0, 0.05) is 4.47 Å². The first-order valence-corrected chi connectivity index (χ1v) is 9.15. The van der Waals surface area contributed by atoms with Gasteiger partial charge in [-0.15, -0.1) is 0 Å². The summed E-state index contributed by atoms with van der Waals surface area (Å²) < 4.78 is 27.7. The molecule has 0 saturated carbocycles. The molecule has 0 aromatic heterocycles. The lowest BCUT2D eigenvalue weighted by atomic mass is 10.00. The van der Waals surface area contributed by atoms with Gasteiger partial charge in [0.1, 0.15) is 5.92 Å². The molecule has 1 heterocycles. The Labute approximate surface area is 142 Å². The average Bonchev–Trinajstić information content (AvgIpc) is 2.87. The minimum absolute atomic E-state index is 0.0908. The molecule has 0 amide bonds. The Kier molecular flexibility index (Phi) is 3.93. The highest BCUT2D eigenvalue weighted by Gasteiger charge is 2.39. The van der Waals surface area contributed by atoms with Crippen LogP contribution in [0.1, 0.15) is 17.0 Å². The van der Waals surface area contributed by atoms with Crippen molar-refractivity contribution in [2.24, 2.45) is 0 Å². The van der Waals surface area contributed by atoms with E-state index < -0.39 is 21.9 Å². The second-order valence-electron chi connectivity index (χ2n) is 5.44. The molecule has 2 aromatic rings. The smallest absolute Gasteiger partial charge is 0.312 e. The number of carboxylic acid groups (broad SMARTS) is 1. The number of anilines is 1. The fourth-order valence-electron chi connectivity index (χ4n) is 2.72. The summed E-state index contributed by atoms with van der Waals surface area (Å²) in [4.78, 5) is 11.6. The quantitative estimate of drug-likeness (QED) is 0.865. The molecule has 1 atom stereocenters. The molecular weight excluding hydrogens is 382 g/mol. The van der Waals surface area contributed by atoms with Crippen LogP contribution in [0.3, 0.4) is 0 Å². The van der Waals surface area contributed by atoms with Crippen molar-refractivity contribution in [1.29, 1.82) is 0 Å². The molecule has 2 aromatic carbocycles. The van der Waals surface area contributed by atoms with E-state index >= 15 is 0 Å². The van der Waals surface area contributed by atoms with Crippen LogP contribution in [-0.2, 0) is 14.8 Å². The molecule has 1 aliphatic rings. The lowest BCUT2D eigenvalue weighted by Gasteiger charge is -2.20. The van der Waals surface area contributed by atoms with Crippen molar-refractivity contribution in [2.45, 2.75) is 17.7 Å². The van der Waals surface area contributed by atoms with Gasteiger partial charge >= 0.3 is 5.97 Å². The van der Waals surface area contributed by atoms with Crippen molar-refractivity contribution in [3.8, 4) is 0 Å². The Bertz CT molecular complexity index is 877. The van der Waals surface area contributed by atoms with Gasteiger partial charge in [0.25, 0.3) is 10.0 Å². The molecule has 0 saturated heterocycles. The van der Waals surface area contributed by atoms with E-state index in [9.17, 15) is 18.3 Å². The van der Waals surface area contributed by atoms with E-state index in [1.165, 1.54) is 16.4 Å². The standard InChI is InChI=1S/C16H14BrNO4S/c1-10-2-7-15-13(8-10)14(16(19)20)9-18(15)23(21,22)12-5-3-11(17)4-6-12/h2-8,14H,9H2,1H3,(H,19,20). The van der Waals surface area contributed by atoms with Crippen LogP contribution in [0.5, 0.6) is 0 Å². The second kappa shape index (κ2) is 5.65. The number of fused-ring (bicyclic) bond motifs is 1. The number of benzene rings is 2. The lowest BCUT2D eigenvalue weighted by Crippen LogP contribution is -2.31. The fourth-order valence-corrected chi connectivity index (χ4v) is 4.48. The summed E-state index contributed by atoms with van der Waals surface area (Å²) in [5.41, 5.74) is 1.88. The molecule has 120 valence electrons. The van der Waals surface area contributed by atoms with Crippen molar-refractivity contribution in [3.63, 3.8) is 0 Å². The Hall–Kier alpha value is -1.86. The SMILES string of the molecule is Cc1ccc2c(c1)C(C(=O)O)CN2S(=O)(=O)c1ccc(Br)cc1. The van der Waals surface area contributed by atoms with Gasteiger partial charge in [0.05, 0.1) is 17.1 Å². The third kappa shape index (κ3) is 2.74. The number of nitrogens with zero attached hydrogens (tertiary/aromatic N) is 1. The molecule has 0 bridgehead atoms. The predicted molar refractivity (Wildman–Crippen MR) is 90.2 cm³/mol. The molecule has 0 aliphatic carbocycles. The highest BCUT2D eigenvalue weighted by atomic mass is 79.9. The summed E-state index contributed by atoms with van der Waals surface area (Å²) in [5.74, 6) is -1.87. The first-order chi connectivity index (χ1) is 10.8. The molecule has 7 heteroatoms. The van der Waals surface area contributed by atoms with Crippen molar-refractivity contribution in [2.75, 3.05) is 10.8 Å². The van der Waals surface area contributed by atoms with Gasteiger partial charge in [-0.05, 0) is 42.8 Å².